The number of rotatable bonds is 6. The van der Waals surface area contributed by atoms with E-state index in [0.717, 1.165) is 13.0 Å². The summed E-state index contributed by atoms with van der Waals surface area (Å²) in [5.41, 5.74) is 1.37. The van der Waals surface area contributed by atoms with Crippen LogP contribution in [0.2, 0.25) is 0 Å². The molecule has 2 N–H and O–H groups in total. The van der Waals surface area contributed by atoms with Crippen molar-refractivity contribution in [3.05, 3.63) is 35.9 Å². The summed E-state index contributed by atoms with van der Waals surface area (Å²) in [6.07, 6.45) is 1.82. The zero-order chi connectivity index (χ0) is 15.4. The quantitative estimate of drug-likeness (QED) is 0.847. The van der Waals surface area contributed by atoms with Gasteiger partial charge >= 0.3 is 6.03 Å². The zero-order valence-corrected chi connectivity index (χ0v) is 13.0. The molecule has 0 bridgehead atoms. The molecule has 2 aliphatic rings. The highest BCUT2D eigenvalue weighted by Gasteiger charge is 2.38. The van der Waals surface area contributed by atoms with Gasteiger partial charge in [0.1, 0.15) is 0 Å². The lowest BCUT2D eigenvalue weighted by Gasteiger charge is -2.22. The highest BCUT2D eigenvalue weighted by molar-refractivity contribution is 5.73. The number of carbonyl (C=O) groups excluding carboxylic acids is 1. The molecule has 0 spiro atoms. The van der Waals surface area contributed by atoms with Crippen molar-refractivity contribution in [1.82, 2.24) is 10.6 Å². The van der Waals surface area contributed by atoms with Crippen LogP contribution in [0.5, 0.6) is 0 Å². The van der Waals surface area contributed by atoms with E-state index in [1.54, 1.807) is 0 Å². The average molecular weight is 304 g/mol. The lowest BCUT2D eigenvalue weighted by atomic mass is 10.1. The molecule has 5 heteroatoms. The normalized spacial score (nSPS) is 25.7. The molecule has 1 aromatic carbocycles. The van der Waals surface area contributed by atoms with Crippen molar-refractivity contribution in [2.45, 2.75) is 31.5 Å². The van der Waals surface area contributed by atoms with Gasteiger partial charge in [0, 0.05) is 19.5 Å². The number of hydrogen-bond donors (Lipinski definition) is 2. The van der Waals surface area contributed by atoms with Crippen LogP contribution in [0, 0.1) is 5.92 Å². The van der Waals surface area contributed by atoms with Gasteiger partial charge in [0.25, 0.3) is 0 Å². The van der Waals surface area contributed by atoms with Crippen molar-refractivity contribution in [2.24, 2.45) is 5.92 Å². The minimum Gasteiger partial charge on any atom is -0.348 e. The van der Waals surface area contributed by atoms with Gasteiger partial charge in [0.15, 0.2) is 5.79 Å². The zero-order valence-electron chi connectivity index (χ0n) is 13.0. The Hall–Kier alpha value is -1.59. The molecule has 0 radical (unpaired) electrons. The molecule has 2 fully saturated rings. The Morgan fingerprint density at radius 3 is 2.68 bits per heavy atom. The molecule has 0 unspecified atom stereocenters. The summed E-state index contributed by atoms with van der Waals surface area (Å²) in [5, 5.41) is 5.81. The van der Waals surface area contributed by atoms with Gasteiger partial charge in [0.2, 0.25) is 0 Å². The van der Waals surface area contributed by atoms with E-state index in [2.05, 4.69) is 34.9 Å². The fourth-order valence-corrected chi connectivity index (χ4v) is 2.97. The molecule has 120 valence electrons. The first-order valence-corrected chi connectivity index (χ1v) is 8.01. The van der Waals surface area contributed by atoms with Gasteiger partial charge in [-0.05, 0) is 30.7 Å². The van der Waals surface area contributed by atoms with Crippen molar-refractivity contribution in [2.75, 3.05) is 26.3 Å². The summed E-state index contributed by atoms with van der Waals surface area (Å²) >= 11 is 0. The molecular weight excluding hydrogens is 280 g/mol. The molecule has 5 nitrogen and oxygen atoms in total. The first-order chi connectivity index (χ1) is 10.7. The monoisotopic (exact) mass is 304 g/mol. The Kier molecular flexibility index (Phi) is 4.64. The number of hydrogen-bond acceptors (Lipinski definition) is 3. The Bertz CT molecular complexity index is 500. The van der Waals surface area contributed by atoms with Gasteiger partial charge in [-0.1, -0.05) is 30.3 Å². The molecule has 1 saturated carbocycles. The Balaban J connectivity index is 1.30. The minimum absolute atomic E-state index is 0.111. The maximum Gasteiger partial charge on any atom is 0.314 e. The number of nitrogens with one attached hydrogen (secondary N) is 2. The van der Waals surface area contributed by atoms with E-state index >= 15 is 0 Å². The third-order valence-corrected chi connectivity index (χ3v) is 4.44. The van der Waals surface area contributed by atoms with E-state index in [0.29, 0.717) is 38.0 Å². The van der Waals surface area contributed by atoms with Crippen LogP contribution in [0.1, 0.15) is 31.2 Å². The third-order valence-electron chi connectivity index (χ3n) is 4.44. The predicted octanol–water partition coefficient (Wildman–Crippen LogP) is 2.24. The minimum atomic E-state index is -0.540. The van der Waals surface area contributed by atoms with Gasteiger partial charge in [-0.2, -0.15) is 0 Å². The fraction of sp³-hybridized carbons (Fsp3) is 0.588. The van der Waals surface area contributed by atoms with Crippen LogP contribution in [0.4, 0.5) is 4.79 Å². The van der Waals surface area contributed by atoms with Crippen LogP contribution < -0.4 is 10.6 Å². The van der Waals surface area contributed by atoms with Crippen LogP contribution in [0.15, 0.2) is 30.3 Å². The number of ether oxygens (including phenoxy) is 2. The predicted molar refractivity (Wildman–Crippen MR) is 83.6 cm³/mol. The van der Waals surface area contributed by atoms with E-state index in [9.17, 15) is 4.79 Å². The molecule has 2 atom stereocenters. The highest BCUT2D eigenvalue weighted by Crippen LogP contribution is 2.46. The summed E-state index contributed by atoms with van der Waals surface area (Å²) in [5.74, 6) is 0.621. The van der Waals surface area contributed by atoms with Crippen LogP contribution in [0.25, 0.3) is 0 Å². The first-order valence-electron chi connectivity index (χ1n) is 8.01. The van der Waals surface area contributed by atoms with Gasteiger partial charge in [0.05, 0.1) is 13.2 Å². The van der Waals surface area contributed by atoms with Crippen LogP contribution in [-0.4, -0.2) is 38.1 Å². The molecule has 1 aliphatic heterocycles. The number of amides is 2. The molecule has 22 heavy (non-hydrogen) atoms. The Labute approximate surface area is 131 Å². The standard InChI is InChI=1S/C17H24N2O3/c1-17(21-9-10-22-17)7-8-18-16(20)19-12-14-11-15(14)13-5-3-2-4-6-13/h2-6,14-15H,7-12H2,1H3,(H2,18,19,20)/t14-,15+/m0/s1. The number of benzene rings is 1. The van der Waals surface area contributed by atoms with E-state index in [1.165, 1.54) is 5.56 Å². The summed E-state index contributed by atoms with van der Waals surface area (Å²) in [4.78, 5) is 11.8. The lowest BCUT2D eigenvalue weighted by molar-refractivity contribution is -0.145. The van der Waals surface area contributed by atoms with Crippen LogP contribution in [0.3, 0.4) is 0 Å². The Morgan fingerprint density at radius 1 is 1.23 bits per heavy atom. The molecule has 1 heterocycles. The van der Waals surface area contributed by atoms with Gasteiger partial charge in [-0.25, -0.2) is 4.79 Å². The second kappa shape index (κ2) is 6.67. The molecule has 3 rings (SSSR count). The SMILES string of the molecule is CC1(CCNC(=O)NC[C@@H]2C[C@@H]2c2ccccc2)OCCO1. The second-order valence-corrected chi connectivity index (χ2v) is 6.23. The van der Waals surface area contributed by atoms with E-state index in [4.69, 9.17) is 9.47 Å². The molecule has 1 aromatic rings. The number of carbonyl (C=O) groups is 1. The van der Waals surface area contributed by atoms with E-state index < -0.39 is 5.79 Å². The third kappa shape index (κ3) is 3.99. The summed E-state index contributed by atoms with van der Waals surface area (Å²) in [6, 6.07) is 10.4. The van der Waals surface area contributed by atoms with Crippen LogP contribution >= 0.6 is 0 Å². The molecule has 2 amide bonds. The average Bonchev–Trinajstić information content (AvgIpc) is 3.19. The molecule has 1 saturated heterocycles. The van der Waals surface area contributed by atoms with E-state index in [1.807, 2.05) is 13.0 Å². The molecule has 1 aliphatic carbocycles. The van der Waals surface area contributed by atoms with Gasteiger partial charge in [-0.15, -0.1) is 0 Å². The molecule has 0 aromatic heterocycles. The summed E-state index contributed by atoms with van der Waals surface area (Å²) < 4.78 is 11.0. The first kappa shape index (κ1) is 15.3. The van der Waals surface area contributed by atoms with Crippen LogP contribution in [-0.2, 0) is 9.47 Å². The van der Waals surface area contributed by atoms with Crippen molar-refractivity contribution in [3.63, 3.8) is 0 Å². The van der Waals surface area contributed by atoms with Gasteiger partial charge < -0.3 is 20.1 Å². The largest absolute Gasteiger partial charge is 0.348 e. The fourth-order valence-electron chi connectivity index (χ4n) is 2.97. The van der Waals surface area contributed by atoms with Crippen molar-refractivity contribution >= 4 is 6.03 Å². The smallest absolute Gasteiger partial charge is 0.314 e. The van der Waals surface area contributed by atoms with Crippen molar-refractivity contribution < 1.29 is 14.3 Å². The van der Waals surface area contributed by atoms with E-state index in [-0.39, 0.29) is 6.03 Å². The number of urea groups is 1. The Morgan fingerprint density at radius 2 is 1.95 bits per heavy atom. The molecular formula is C17H24N2O3. The summed E-state index contributed by atoms with van der Waals surface area (Å²) in [6.45, 7) is 4.45. The maximum atomic E-state index is 11.8. The maximum absolute atomic E-state index is 11.8. The van der Waals surface area contributed by atoms with Crippen molar-refractivity contribution in [3.8, 4) is 0 Å². The second-order valence-electron chi connectivity index (χ2n) is 6.23. The van der Waals surface area contributed by atoms with Crippen molar-refractivity contribution in [1.29, 1.82) is 0 Å². The lowest BCUT2D eigenvalue weighted by Crippen LogP contribution is -2.40. The topological polar surface area (TPSA) is 59.6 Å². The van der Waals surface area contributed by atoms with Gasteiger partial charge in [-0.3, -0.25) is 0 Å². The highest BCUT2D eigenvalue weighted by atomic mass is 16.7. The summed E-state index contributed by atoms with van der Waals surface area (Å²) in [7, 11) is 0.